The van der Waals surface area contributed by atoms with Gasteiger partial charge in [0.25, 0.3) is 0 Å². The van der Waals surface area contributed by atoms with Crippen molar-refractivity contribution < 1.29 is 9.53 Å². The largest absolute Gasteiger partial charge is 0.464 e. The summed E-state index contributed by atoms with van der Waals surface area (Å²) < 4.78 is 4.74. The standard InChI is InChI=1S/C16H12N2O2S/c1-20-16(19)13-8-7-12(15-17-9-10-21-15)14(18-13)11-5-3-2-4-6-11/h2-10H,1H3. The van der Waals surface area contributed by atoms with Crippen LogP contribution in [-0.2, 0) is 4.74 Å². The predicted molar refractivity (Wildman–Crippen MR) is 82.1 cm³/mol. The van der Waals surface area contributed by atoms with Crippen molar-refractivity contribution in [2.75, 3.05) is 7.11 Å². The number of carbonyl (C=O) groups excluding carboxylic acids is 1. The molecule has 0 saturated carbocycles. The van der Waals surface area contributed by atoms with Crippen LogP contribution in [0.2, 0.25) is 0 Å². The Balaban J connectivity index is 2.19. The summed E-state index contributed by atoms with van der Waals surface area (Å²) in [6.07, 6.45) is 1.75. The third-order valence-corrected chi connectivity index (χ3v) is 3.81. The number of rotatable bonds is 3. The molecule has 1 aromatic carbocycles. The van der Waals surface area contributed by atoms with Crippen LogP contribution < -0.4 is 0 Å². The quantitative estimate of drug-likeness (QED) is 0.692. The smallest absolute Gasteiger partial charge is 0.356 e. The van der Waals surface area contributed by atoms with Gasteiger partial charge in [0.1, 0.15) is 10.7 Å². The van der Waals surface area contributed by atoms with Gasteiger partial charge in [0.05, 0.1) is 12.8 Å². The van der Waals surface area contributed by atoms with Crippen molar-refractivity contribution in [3.63, 3.8) is 0 Å². The maximum Gasteiger partial charge on any atom is 0.356 e. The van der Waals surface area contributed by atoms with Crippen LogP contribution in [0.25, 0.3) is 21.8 Å². The van der Waals surface area contributed by atoms with Crippen molar-refractivity contribution in [2.24, 2.45) is 0 Å². The lowest BCUT2D eigenvalue weighted by Gasteiger charge is -2.08. The predicted octanol–water partition coefficient (Wildman–Crippen LogP) is 3.66. The molecular weight excluding hydrogens is 284 g/mol. The summed E-state index contributed by atoms with van der Waals surface area (Å²) in [4.78, 5) is 20.5. The van der Waals surface area contributed by atoms with Crippen molar-refractivity contribution >= 4 is 17.3 Å². The van der Waals surface area contributed by atoms with Gasteiger partial charge in [0.15, 0.2) is 0 Å². The molecule has 3 aromatic rings. The van der Waals surface area contributed by atoms with Crippen molar-refractivity contribution in [2.45, 2.75) is 0 Å². The van der Waals surface area contributed by atoms with E-state index in [-0.39, 0.29) is 5.69 Å². The van der Waals surface area contributed by atoms with E-state index in [0.29, 0.717) is 0 Å². The van der Waals surface area contributed by atoms with Crippen LogP contribution in [0.4, 0.5) is 0 Å². The second-order valence-corrected chi connectivity index (χ2v) is 5.18. The van der Waals surface area contributed by atoms with Crippen LogP contribution in [0, 0.1) is 0 Å². The highest BCUT2D eigenvalue weighted by molar-refractivity contribution is 7.13. The van der Waals surface area contributed by atoms with Gasteiger partial charge in [-0.25, -0.2) is 14.8 Å². The van der Waals surface area contributed by atoms with Crippen LogP contribution in [0.1, 0.15) is 10.5 Å². The first-order valence-electron chi connectivity index (χ1n) is 6.34. The van der Waals surface area contributed by atoms with Gasteiger partial charge in [0, 0.05) is 22.7 Å². The molecule has 0 spiro atoms. The Kier molecular flexibility index (Phi) is 3.75. The van der Waals surface area contributed by atoms with Crippen molar-refractivity contribution in [1.29, 1.82) is 0 Å². The third kappa shape index (κ3) is 2.68. The molecule has 0 atom stereocenters. The average molecular weight is 296 g/mol. The molecule has 0 N–H and O–H groups in total. The van der Waals surface area contributed by atoms with Crippen molar-refractivity contribution in [3.05, 3.63) is 59.7 Å². The second kappa shape index (κ2) is 5.85. The molecule has 104 valence electrons. The molecule has 0 aliphatic carbocycles. The summed E-state index contributed by atoms with van der Waals surface area (Å²) in [7, 11) is 1.35. The molecule has 3 rings (SSSR count). The first-order valence-corrected chi connectivity index (χ1v) is 7.22. The van der Waals surface area contributed by atoms with Gasteiger partial charge in [-0.15, -0.1) is 11.3 Å². The van der Waals surface area contributed by atoms with E-state index < -0.39 is 5.97 Å². The molecule has 2 aromatic heterocycles. The second-order valence-electron chi connectivity index (χ2n) is 4.29. The summed E-state index contributed by atoms with van der Waals surface area (Å²) in [5.41, 5.74) is 2.86. The third-order valence-electron chi connectivity index (χ3n) is 3.00. The summed E-state index contributed by atoms with van der Waals surface area (Å²) in [6.45, 7) is 0. The average Bonchev–Trinajstić information content (AvgIpc) is 3.08. The van der Waals surface area contributed by atoms with Crippen LogP contribution in [0.3, 0.4) is 0 Å². The molecule has 0 amide bonds. The topological polar surface area (TPSA) is 52.1 Å². The Morgan fingerprint density at radius 2 is 1.95 bits per heavy atom. The lowest BCUT2D eigenvalue weighted by molar-refractivity contribution is 0.0594. The Morgan fingerprint density at radius 3 is 2.62 bits per heavy atom. The highest BCUT2D eigenvalue weighted by atomic mass is 32.1. The van der Waals surface area contributed by atoms with Crippen molar-refractivity contribution in [1.82, 2.24) is 9.97 Å². The number of thiazole rings is 1. The lowest BCUT2D eigenvalue weighted by atomic mass is 10.1. The monoisotopic (exact) mass is 296 g/mol. The zero-order chi connectivity index (χ0) is 14.7. The minimum atomic E-state index is -0.446. The molecular formula is C16H12N2O2S. The fourth-order valence-electron chi connectivity index (χ4n) is 2.02. The normalized spacial score (nSPS) is 10.3. The number of benzene rings is 1. The Morgan fingerprint density at radius 1 is 1.14 bits per heavy atom. The molecule has 2 heterocycles. The molecule has 0 saturated heterocycles. The van der Waals surface area contributed by atoms with Crippen molar-refractivity contribution in [3.8, 4) is 21.8 Å². The fourth-order valence-corrected chi connectivity index (χ4v) is 2.69. The van der Waals surface area contributed by atoms with Crippen LogP contribution in [0.15, 0.2) is 54.0 Å². The SMILES string of the molecule is COC(=O)c1ccc(-c2nccs2)c(-c2ccccc2)n1. The maximum atomic E-state index is 11.7. The molecule has 5 heteroatoms. The van der Waals surface area contributed by atoms with E-state index in [4.69, 9.17) is 4.74 Å². The highest BCUT2D eigenvalue weighted by Gasteiger charge is 2.15. The summed E-state index contributed by atoms with van der Waals surface area (Å²) in [5.74, 6) is -0.446. The van der Waals surface area contributed by atoms with E-state index >= 15 is 0 Å². The van der Waals surface area contributed by atoms with Crippen LogP contribution >= 0.6 is 11.3 Å². The number of esters is 1. The van der Waals surface area contributed by atoms with E-state index in [9.17, 15) is 4.79 Å². The number of nitrogens with zero attached hydrogens (tertiary/aromatic N) is 2. The van der Waals surface area contributed by atoms with Crippen LogP contribution in [0.5, 0.6) is 0 Å². The number of pyridine rings is 1. The number of hydrogen-bond acceptors (Lipinski definition) is 5. The Hall–Kier alpha value is -2.53. The molecule has 21 heavy (non-hydrogen) atoms. The molecule has 0 bridgehead atoms. The first-order chi connectivity index (χ1) is 10.3. The summed E-state index contributed by atoms with van der Waals surface area (Å²) in [6, 6.07) is 13.3. The minimum absolute atomic E-state index is 0.289. The van der Waals surface area contributed by atoms with Crippen LogP contribution in [-0.4, -0.2) is 23.0 Å². The van der Waals surface area contributed by atoms with Gasteiger partial charge in [-0.2, -0.15) is 0 Å². The maximum absolute atomic E-state index is 11.7. The fraction of sp³-hybridized carbons (Fsp3) is 0.0625. The van der Waals surface area contributed by atoms with E-state index in [1.807, 2.05) is 41.8 Å². The van der Waals surface area contributed by atoms with Gasteiger partial charge in [-0.05, 0) is 12.1 Å². The molecule has 0 aliphatic heterocycles. The van der Waals surface area contributed by atoms with E-state index in [1.54, 1.807) is 12.3 Å². The minimum Gasteiger partial charge on any atom is -0.464 e. The van der Waals surface area contributed by atoms with Gasteiger partial charge in [-0.3, -0.25) is 0 Å². The first kappa shape index (κ1) is 13.5. The van der Waals surface area contributed by atoms with Gasteiger partial charge >= 0.3 is 5.97 Å². The van der Waals surface area contributed by atoms with E-state index in [1.165, 1.54) is 18.4 Å². The molecule has 0 radical (unpaired) electrons. The van der Waals surface area contributed by atoms with E-state index in [2.05, 4.69) is 9.97 Å². The number of methoxy groups -OCH3 is 1. The Bertz CT molecular complexity index is 755. The number of hydrogen-bond donors (Lipinski definition) is 0. The molecule has 0 fully saturated rings. The number of carbonyl (C=O) groups is 1. The number of aromatic nitrogens is 2. The zero-order valence-corrected chi connectivity index (χ0v) is 12.1. The lowest BCUT2D eigenvalue weighted by Crippen LogP contribution is -2.05. The summed E-state index contributed by atoms with van der Waals surface area (Å²) in [5, 5.41) is 2.79. The number of ether oxygens (including phenoxy) is 1. The Labute approximate surface area is 126 Å². The summed E-state index contributed by atoms with van der Waals surface area (Å²) >= 11 is 1.54. The van der Waals surface area contributed by atoms with E-state index in [0.717, 1.165) is 21.8 Å². The molecule has 0 unspecified atom stereocenters. The van der Waals surface area contributed by atoms with Gasteiger partial charge in [0.2, 0.25) is 0 Å². The molecule has 4 nitrogen and oxygen atoms in total. The van der Waals surface area contributed by atoms with Gasteiger partial charge < -0.3 is 4.74 Å². The highest BCUT2D eigenvalue weighted by Crippen LogP contribution is 2.31. The van der Waals surface area contributed by atoms with Gasteiger partial charge in [-0.1, -0.05) is 30.3 Å². The molecule has 0 aliphatic rings. The zero-order valence-electron chi connectivity index (χ0n) is 11.3.